The molecule has 0 aliphatic carbocycles. The normalized spacial score (nSPS) is 11.2. The van der Waals surface area contributed by atoms with E-state index in [1.165, 1.54) is 31.1 Å². The van der Waals surface area contributed by atoms with Gasteiger partial charge in [-0.15, -0.1) is 0 Å². The van der Waals surface area contributed by atoms with Crippen LogP contribution in [0.2, 0.25) is 0 Å². The lowest BCUT2D eigenvalue weighted by atomic mass is 10.2. The Hall–Kier alpha value is -2.45. The lowest BCUT2D eigenvalue weighted by Gasteiger charge is -2.23. The van der Waals surface area contributed by atoms with E-state index in [0.717, 1.165) is 12.1 Å². The molecule has 0 unspecified atom stereocenters. The largest absolute Gasteiger partial charge is 0.495 e. The highest BCUT2D eigenvalue weighted by molar-refractivity contribution is 7.89. The molecule has 6 nitrogen and oxygen atoms in total. The third-order valence-corrected chi connectivity index (χ3v) is 4.98. The highest BCUT2D eigenvalue weighted by Gasteiger charge is 2.18. The van der Waals surface area contributed by atoms with Crippen LogP contribution in [0.4, 0.5) is 10.1 Å². The molecule has 0 saturated heterocycles. The Morgan fingerprint density at radius 1 is 1.16 bits per heavy atom. The zero-order valence-corrected chi connectivity index (χ0v) is 14.7. The molecule has 0 aliphatic heterocycles. The minimum absolute atomic E-state index is 0.00264. The fourth-order valence-corrected chi connectivity index (χ4v) is 3.31. The van der Waals surface area contributed by atoms with Gasteiger partial charge in [0.05, 0.1) is 17.7 Å². The Morgan fingerprint density at radius 3 is 2.40 bits per heavy atom. The summed E-state index contributed by atoms with van der Waals surface area (Å²) in [5.74, 6) is -0.248. The molecule has 0 atom stereocenters. The van der Waals surface area contributed by atoms with Gasteiger partial charge in [-0.2, -0.15) is 0 Å². The molecule has 134 valence electrons. The molecule has 0 heterocycles. The topological polar surface area (TPSA) is 75.7 Å². The van der Waals surface area contributed by atoms with Gasteiger partial charge in [0, 0.05) is 20.0 Å². The number of anilines is 1. The van der Waals surface area contributed by atoms with Crippen molar-refractivity contribution >= 4 is 21.6 Å². The number of carbonyl (C=O) groups is 1. The molecule has 0 fully saturated rings. The van der Waals surface area contributed by atoms with E-state index >= 15 is 0 Å². The number of ether oxygens (including phenoxy) is 1. The summed E-state index contributed by atoms with van der Waals surface area (Å²) in [7, 11) is -2.29. The third-order valence-electron chi connectivity index (χ3n) is 3.51. The van der Waals surface area contributed by atoms with Crippen molar-refractivity contribution in [3.8, 4) is 5.75 Å². The molecule has 0 radical (unpaired) electrons. The number of benzene rings is 2. The van der Waals surface area contributed by atoms with Crippen molar-refractivity contribution in [1.29, 1.82) is 0 Å². The number of methoxy groups -OCH3 is 1. The Kier molecular flexibility index (Phi) is 6.11. The maximum atomic E-state index is 12.9. The minimum Gasteiger partial charge on any atom is -0.495 e. The van der Waals surface area contributed by atoms with Crippen LogP contribution in [0.1, 0.15) is 6.92 Å². The molecule has 0 aliphatic rings. The zero-order chi connectivity index (χ0) is 18.4. The van der Waals surface area contributed by atoms with Crippen molar-refractivity contribution in [2.45, 2.75) is 11.8 Å². The van der Waals surface area contributed by atoms with Crippen LogP contribution >= 0.6 is 0 Å². The smallest absolute Gasteiger partial charge is 0.240 e. The van der Waals surface area contributed by atoms with Crippen molar-refractivity contribution in [2.75, 3.05) is 25.1 Å². The molecule has 2 rings (SSSR count). The molecule has 0 aromatic heterocycles. The van der Waals surface area contributed by atoms with Gasteiger partial charge in [0.1, 0.15) is 11.6 Å². The van der Waals surface area contributed by atoms with Gasteiger partial charge in [0.2, 0.25) is 15.9 Å². The molecule has 2 aromatic rings. The summed E-state index contributed by atoms with van der Waals surface area (Å²) in [5.41, 5.74) is 0.554. The first-order chi connectivity index (χ1) is 11.8. The lowest BCUT2D eigenvalue weighted by Crippen LogP contribution is -2.37. The highest BCUT2D eigenvalue weighted by Crippen LogP contribution is 2.27. The van der Waals surface area contributed by atoms with Crippen LogP contribution in [-0.2, 0) is 14.8 Å². The molecular weight excluding hydrogens is 347 g/mol. The van der Waals surface area contributed by atoms with Crippen LogP contribution in [0.3, 0.4) is 0 Å². The fraction of sp³-hybridized carbons (Fsp3) is 0.235. The summed E-state index contributed by atoms with van der Waals surface area (Å²) >= 11 is 0. The summed E-state index contributed by atoms with van der Waals surface area (Å²) in [6.45, 7) is 1.51. The average molecular weight is 366 g/mol. The number of carbonyl (C=O) groups excluding carboxylic acids is 1. The number of halogens is 1. The standard InChI is InChI=1S/C17H19FN2O4S/c1-13(21)20(16-5-3-4-6-17(16)24-2)12-11-19-25(22,23)15-9-7-14(18)8-10-15/h3-10,19H,11-12H2,1-2H3. The third kappa shape index (κ3) is 4.77. The molecule has 1 amide bonds. The van der Waals surface area contributed by atoms with E-state index in [4.69, 9.17) is 4.74 Å². The Bertz CT molecular complexity index is 838. The van der Waals surface area contributed by atoms with Crippen LogP contribution in [0.5, 0.6) is 5.75 Å². The summed E-state index contributed by atoms with van der Waals surface area (Å²) < 4.78 is 44.9. The predicted molar refractivity (Wildman–Crippen MR) is 92.6 cm³/mol. The number of sulfonamides is 1. The van der Waals surface area contributed by atoms with Crippen LogP contribution in [0.15, 0.2) is 53.4 Å². The van der Waals surface area contributed by atoms with Gasteiger partial charge in [0.15, 0.2) is 0 Å². The van der Waals surface area contributed by atoms with Crippen LogP contribution < -0.4 is 14.4 Å². The molecule has 0 saturated carbocycles. The van der Waals surface area contributed by atoms with Crippen LogP contribution in [0, 0.1) is 5.82 Å². The van der Waals surface area contributed by atoms with E-state index < -0.39 is 15.8 Å². The number of para-hydroxylation sites is 2. The Balaban J connectivity index is 2.09. The molecule has 0 spiro atoms. The molecule has 2 aromatic carbocycles. The second-order valence-electron chi connectivity index (χ2n) is 5.19. The number of hydrogen-bond donors (Lipinski definition) is 1. The van der Waals surface area contributed by atoms with Crippen molar-refractivity contribution in [1.82, 2.24) is 4.72 Å². The van der Waals surface area contributed by atoms with E-state index in [0.29, 0.717) is 11.4 Å². The number of rotatable bonds is 7. The molecule has 25 heavy (non-hydrogen) atoms. The van der Waals surface area contributed by atoms with E-state index in [2.05, 4.69) is 4.72 Å². The quantitative estimate of drug-likeness (QED) is 0.815. The van der Waals surface area contributed by atoms with Gasteiger partial charge < -0.3 is 9.64 Å². The van der Waals surface area contributed by atoms with Gasteiger partial charge in [-0.3, -0.25) is 4.79 Å². The predicted octanol–water partition coefficient (Wildman–Crippen LogP) is 2.17. The van der Waals surface area contributed by atoms with Gasteiger partial charge >= 0.3 is 0 Å². The first kappa shape index (κ1) is 18.9. The first-order valence-corrected chi connectivity index (χ1v) is 9.00. The summed E-state index contributed by atoms with van der Waals surface area (Å²) in [5, 5.41) is 0. The molecule has 8 heteroatoms. The van der Waals surface area contributed by atoms with E-state index in [-0.39, 0.29) is 23.9 Å². The molecule has 1 N–H and O–H groups in total. The number of nitrogens with zero attached hydrogens (tertiary/aromatic N) is 1. The monoisotopic (exact) mass is 366 g/mol. The van der Waals surface area contributed by atoms with Crippen molar-refractivity contribution in [2.24, 2.45) is 0 Å². The molecule has 0 bridgehead atoms. The fourth-order valence-electron chi connectivity index (χ4n) is 2.29. The van der Waals surface area contributed by atoms with Gasteiger partial charge in [-0.05, 0) is 36.4 Å². The second kappa shape index (κ2) is 8.09. The summed E-state index contributed by atoms with van der Waals surface area (Å²) in [6, 6.07) is 11.5. The first-order valence-electron chi connectivity index (χ1n) is 7.51. The lowest BCUT2D eigenvalue weighted by molar-refractivity contribution is -0.116. The Morgan fingerprint density at radius 2 is 1.80 bits per heavy atom. The number of amides is 1. The van der Waals surface area contributed by atoms with E-state index in [1.54, 1.807) is 24.3 Å². The van der Waals surface area contributed by atoms with Gasteiger partial charge in [0.25, 0.3) is 0 Å². The number of nitrogens with one attached hydrogen (secondary N) is 1. The second-order valence-corrected chi connectivity index (χ2v) is 6.96. The SMILES string of the molecule is COc1ccccc1N(CCNS(=O)(=O)c1ccc(F)cc1)C(C)=O. The summed E-state index contributed by atoms with van der Waals surface area (Å²) in [4.78, 5) is 13.3. The van der Waals surface area contributed by atoms with E-state index in [1.807, 2.05) is 0 Å². The number of hydrogen-bond acceptors (Lipinski definition) is 4. The zero-order valence-electron chi connectivity index (χ0n) is 13.9. The van der Waals surface area contributed by atoms with Crippen molar-refractivity contribution < 1.29 is 22.3 Å². The molecular formula is C17H19FN2O4S. The highest BCUT2D eigenvalue weighted by atomic mass is 32.2. The van der Waals surface area contributed by atoms with Gasteiger partial charge in [-0.25, -0.2) is 17.5 Å². The van der Waals surface area contributed by atoms with Crippen molar-refractivity contribution in [3.05, 3.63) is 54.3 Å². The maximum absolute atomic E-state index is 12.9. The van der Waals surface area contributed by atoms with E-state index in [9.17, 15) is 17.6 Å². The average Bonchev–Trinajstić information content (AvgIpc) is 2.59. The minimum atomic E-state index is -3.78. The van der Waals surface area contributed by atoms with Crippen molar-refractivity contribution in [3.63, 3.8) is 0 Å². The van der Waals surface area contributed by atoms with Crippen LogP contribution in [-0.4, -0.2) is 34.5 Å². The Labute approximate surface area is 146 Å². The van der Waals surface area contributed by atoms with Gasteiger partial charge in [-0.1, -0.05) is 12.1 Å². The maximum Gasteiger partial charge on any atom is 0.240 e. The summed E-state index contributed by atoms with van der Waals surface area (Å²) in [6.07, 6.45) is 0. The van der Waals surface area contributed by atoms with Crippen LogP contribution in [0.25, 0.3) is 0 Å².